The van der Waals surface area contributed by atoms with Gasteiger partial charge in [-0.25, -0.2) is 9.97 Å². The van der Waals surface area contributed by atoms with E-state index in [9.17, 15) is 9.90 Å². The van der Waals surface area contributed by atoms with Gasteiger partial charge in [-0.3, -0.25) is 4.79 Å². The average Bonchev–Trinajstić information content (AvgIpc) is 3.31. The number of aryl methyl sites for hydroxylation is 2. The highest BCUT2D eigenvalue weighted by Crippen LogP contribution is 2.40. The van der Waals surface area contributed by atoms with Crippen molar-refractivity contribution in [1.29, 1.82) is 0 Å². The summed E-state index contributed by atoms with van der Waals surface area (Å²) in [6.07, 6.45) is 4.92. The summed E-state index contributed by atoms with van der Waals surface area (Å²) in [5.74, 6) is 1.26. The summed E-state index contributed by atoms with van der Waals surface area (Å²) in [6, 6.07) is 7.06. The third-order valence-electron chi connectivity index (χ3n) is 4.82. The van der Waals surface area contributed by atoms with Crippen LogP contribution >= 0.6 is 23.1 Å². The summed E-state index contributed by atoms with van der Waals surface area (Å²) >= 11 is 3.33. The Kier molecular flexibility index (Phi) is 5.94. The lowest BCUT2D eigenvalue weighted by atomic mass is 10.1. The molecule has 146 valence electrons. The molecule has 4 rings (SSSR count). The van der Waals surface area contributed by atoms with Gasteiger partial charge in [0.05, 0.1) is 6.10 Å². The molecular weight excluding hydrogens is 392 g/mol. The number of hydrogen-bond acceptors (Lipinski definition) is 7. The molecular formula is C21H22N2O3S2. The number of benzene rings is 1. The van der Waals surface area contributed by atoms with E-state index in [1.165, 1.54) is 22.2 Å². The van der Waals surface area contributed by atoms with Crippen LogP contribution in [0, 0.1) is 0 Å². The van der Waals surface area contributed by atoms with Crippen LogP contribution in [0.5, 0.6) is 5.75 Å². The van der Waals surface area contributed by atoms with Crippen molar-refractivity contribution in [2.24, 2.45) is 0 Å². The van der Waals surface area contributed by atoms with Gasteiger partial charge in [-0.1, -0.05) is 6.92 Å². The zero-order chi connectivity index (χ0) is 19.5. The number of nitrogens with zero attached hydrogens (tertiary/aromatic N) is 2. The van der Waals surface area contributed by atoms with Crippen molar-refractivity contribution in [2.75, 3.05) is 12.4 Å². The first-order valence-corrected chi connectivity index (χ1v) is 11.3. The highest BCUT2D eigenvalue weighted by Gasteiger charge is 2.21. The van der Waals surface area contributed by atoms with Gasteiger partial charge >= 0.3 is 0 Å². The average molecular weight is 415 g/mol. The highest BCUT2D eigenvalue weighted by atomic mass is 32.2. The van der Waals surface area contributed by atoms with E-state index in [2.05, 4.69) is 9.97 Å². The summed E-state index contributed by atoms with van der Waals surface area (Å²) in [6.45, 7) is 2.04. The molecule has 0 fully saturated rings. The maximum absolute atomic E-state index is 11.7. The van der Waals surface area contributed by atoms with Gasteiger partial charge in [-0.15, -0.1) is 23.1 Å². The standard InChI is InChI=1S/C21H22N2O3S2/c1-2-17(25)13-6-8-15(9-7-13)26-10-14(24)11-27-20-19-16-4-3-5-18(16)28-21(19)23-12-22-20/h6-9,12,14,24H,2-5,10-11H2,1H3/t14-/m1/s1. The number of aromatic nitrogens is 2. The molecule has 1 N–H and O–H groups in total. The molecule has 0 bridgehead atoms. The number of thiophene rings is 1. The van der Waals surface area contributed by atoms with Gasteiger partial charge < -0.3 is 9.84 Å². The van der Waals surface area contributed by atoms with Crippen LogP contribution in [0.15, 0.2) is 35.6 Å². The quantitative estimate of drug-likeness (QED) is 0.336. The second kappa shape index (κ2) is 8.59. The Morgan fingerprint density at radius 1 is 1.29 bits per heavy atom. The number of rotatable bonds is 8. The molecule has 1 aliphatic carbocycles. The third kappa shape index (κ3) is 4.06. The van der Waals surface area contributed by atoms with E-state index in [1.807, 2.05) is 6.92 Å². The Hall–Kier alpha value is -1.96. The summed E-state index contributed by atoms with van der Waals surface area (Å²) < 4.78 is 5.67. The molecule has 28 heavy (non-hydrogen) atoms. The Morgan fingerprint density at radius 3 is 2.89 bits per heavy atom. The number of carbonyl (C=O) groups is 1. The van der Waals surface area contributed by atoms with Crippen molar-refractivity contribution in [1.82, 2.24) is 9.97 Å². The minimum atomic E-state index is -0.612. The van der Waals surface area contributed by atoms with E-state index in [-0.39, 0.29) is 12.4 Å². The molecule has 1 aliphatic rings. The Balaban J connectivity index is 1.34. The predicted molar refractivity (Wildman–Crippen MR) is 113 cm³/mol. The second-order valence-electron chi connectivity index (χ2n) is 6.79. The highest BCUT2D eigenvalue weighted by molar-refractivity contribution is 7.99. The molecule has 0 saturated carbocycles. The van der Waals surface area contributed by atoms with Gasteiger partial charge in [-0.05, 0) is 49.1 Å². The van der Waals surface area contributed by atoms with Gasteiger partial charge in [0.1, 0.15) is 28.5 Å². The molecule has 5 nitrogen and oxygen atoms in total. The lowest BCUT2D eigenvalue weighted by Gasteiger charge is -2.12. The summed E-state index contributed by atoms with van der Waals surface area (Å²) in [7, 11) is 0. The molecule has 0 aliphatic heterocycles. The fourth-order valence-corrected chi connectivity index (χ4v) is 5.59. The minimum Gasteiger partial charge on any atom is -0.491 e. The van der Waals surface area contributed by atoms with Crippen molar-refractivity contribution in [2.45, 2.75) is 43.7 Å². The smallest absolute Gasteiger partial charge is 0.162 e. The maximum Gasteiger partial charge on any atom is 0.162 e. The van der Waals surface area contributed by atoms with Crippen LogP contribution in [0.2, 0.25) is 0 Å². The van der Waals surface area contributed by atoms with E-state index < -0.39 is 6.10 Å². The van der Waals surface area contributed by atoms with Gasteiger partial charge in [-0.2, -0.15) is 0 Å². The van der Waals surface area contributed by atoms with Crippen molar-refractivity contribution in [3.8, 4) is 5.75 Å². The topological polar surface area (TPSA) is 72.3 Å². The van der Waals surface area contributed by atoms with E-state index in [0.717, 1.165) is 22.7 Å². The van der Waals surface area contributed by atoms with Crippen LogP contribution in [0.4, 0.5) is 0 Å². The first-order valence-electron chi connectivity index (χ1n) is 9.48. The van der Waals surface area contributed by atoms with E-state index in [4.69, 9.17) is 4.74 Å². The summed E-state index contributed by atoms with van der Waals surface area (Å²) in [4.78, 5) is 23.0. The van der Waals surface area contributed by atoms with Crippen LogP contribution in [-0.2, 0) is 12.8 Å². The molecule has 0 amide bonds. The number of carbonyl (C=O) groups excluding carboxylic acids is 1. The number of thioether (sulfide) groups is 1. The van der Waals surface area contributed by atoms with Gasteiger partial charge in [0, 0.05) is 28.0 Å². The first-order chi connectivity index (χ1) is 13.7. The van der Waals surface area contributed by atoms with Crippen LogP contribution in [0.25, 0.3) is 10.2 Å². The number of aliphatic hydroxyl groups is 1. The van der Waals surface area contributed by atoms with E-state index in [0.29, 0.717) is 23.5 Å². The zero-order valence-corrected chi connectivity index (χ0v) is 17.3. The molecule has 0 saturated heterocycles. The molecule has 1 aromatic carbocycles. The van der Waals surface area contributed by atoms with E-state index >= 15 is 0 Å². The van der Waals surface area contributed by atoms with Crippen LogP contribution in [0.3, 0.4) is 0 Å². The van der Waals surface area contributed by atoms with Crippen molar-refractivity contribution >= 4 is 39.1 Å². The molecule has 7 heteroatoms. The number of aliphatic hydroxyl groups excluding tert-OH is 1. The molecule has 2 heterocycles. The molecule has 0 spiro atoms. The predicted octanol–water partition coefficient (Wildman–Crippen LogP) is 4.30. The van der Waals surface area contributed by atoms with Crippen LogP contribution in [-0.4, -0.2) is 39.3 Å². The van der Waals surface area contributed by atoms with E-state index in [1.54, 1.807) is 53.7 Å². The van der Waals surface area contributed by atoms with Gasteiger partial charge in [0.2, 0.25) is 0 Å². The number of ketones is 1. The lowest BCUT2D eigenvalue weighted by Crippen LogP contribution is -2.20. The number of ether oxygens (including phenoxy) is 1. The Bertz CT molecular complexity index is 985. The zero-order valence-electron chi connectivity index (χ0n) is 15.7. The maximum atomic E-state index is 11.7. The minimum absolute atomic E-state index is 0.110. The lowest BCUT2D eigenvalue weighted by molar-refractivity contribution is 0.0987. The first kappa shape index (κ1) is 19.4. The molecule has 3 aromatic rings. The van der Waals surface area contributed by atoms with Crippen molar-refractivity contribution in [3.63, 3.8) is 0 Å². The van der Waals surface area contributed by atoms with Crippen molar-refractivity contribution in [3.05, 3.63) is 46.6 Å². The van der Waals surface area contributed by atoms with Crippen LogP contribution < -0.4 is 4.74 Å². The number of Topliss-reactive ketones (excluding diaryl/α,β-unsaturated/α-hetero) is 1. The van der Waals surface area contributed by atoms with Crippen LogP contribution in [0.1, 0.15) is 40.6 Å². The molecule has 0 unspecified atom stereocenters. The third-order valence-corrected chi connectivity index (χ3v) is 7.15. The van der Waals surface area contributed by atoms with Gasteiger partial charge in [0.25, 0.3) is 0 Å². The molecule has 1 atom stereocenters. The fourth-order valence-electron chi connectivity index (χ4n) is 3.37. The van der Waals surface area contributed by atoms with Gasteiger partial charge in [0.15, 0.2) is 5.78 Å². The Labute approximate surface area is 172 Å². The second-order valence-corrected chi connectivity index (χ2v) is 8.89. The SMILES string of the molecule is CCC(=O)c1ccc(OC[C@@H](O)CSc2ncnc3sc4c(c23)CCC4)cc1. The summed E-state index contributed by atoms with van der Waals surface area (Å²) in [5.41, 5.74) is 2.08. The number of fused-ring (bicyclic) bond motifs is 3. The Morgan fingerprint density at radius 2 is 2.11 bits per heavy atom. The summed E-state index contributed by atoms with van der Waals surface area (Å²) in [5, 5.41) is 12.5. The normalized spacial score (nSPS) is 14.2. The largest absolute Gasteiger partial charge is 0.491 e. The fraction of sp³-hybridized carbons (Fsp3) is 0.381. The monoisotopic (exact) mass is 414 g/mol. The molecule has 0 radical (unpaired) electrons. The molecule has 2 aromatic heterocycles. The van der Waals surface area contributed by atoms with Crippen molar-refractivity contribution < 1.29 is 14.6 Å². The number of hydrogen-bond donors (Lipinski definition) is 1.